The topological polar surface area (TPSA) is 42.7 Å². The van der Waals surface area contributed by atoms with Crippen LogP contribution in [0.5, 0.6) is 0 Å². The molecule has 0 radical (unpaired) electrons. The van der Waals surface area contributed by atoms with Crippen LogP contribution in [0.25, 0.3) is 0 Å². The highest BCUT2D eigenvalue weighted by atomic mass is 79.9. The molecule has 0 aliphatic rings. The molecule has 5 heteroatoms. The minimum absolute atomic E-state index is 0.118. The van der Waals surface area contributed by atoms with Crippen LogP contribution < -0.4 is 5.32 Å². The largest absolute Gasteiger partial charge is 0.305 e. The lowest BCUT2D eigenvalue weighted by Crippen LogP contribution is -2.26. The van der Waals surface area contributed by atoms with Gasteiger partial charge in [0.1, 0.15) is 0 Å². The standard InChI is InChI=1S/C15H21BrN4/c1-3-7-18-14(12-6-5-8-17-10-12)15-13(16)11-19-20(15)9-4-2/h5-6,8,10-11,14,18H,3-4,7,9H2,1-2H3. The van der Waals surface area contributed by atoms with Gasteiger partial charge in [0.25, 0.3) is 0 Å². The first-order chi connectivity index (χ1) is 9.77. The molecule has 0 aliphatic carbocycles. The minimum atomic E-state index is 0.118. The first kappa shape index (κ1) is 15.2. The molecule has 108 valence electrons. The smallest absolute Gasteiger partial charge is 0.0774 e. The van der Waals surface area contributed by atoms with Crippen molar-refractivity contribution in [3.05, 3.63) is 46.5 Å². The third kappa shape index (κ3) is 3.46. The number of aromatic nitrogens is 3. The summed E-state index contributed by atoms with van der Waals surface area (Å²) < 4.78 is 3.12. The van der Waals surface area contributed by atoms with E-state index in [-0.39, 0.29) is 6.04 Å². The minimum Gasteiger partial charge on any atom is -0.305 e. The van der Waals surface area contributed by atoms with Crippen molar-refractivity contribution in [1.29, 1.82) is 0 Å². The summed E-state index contributed by atoms with van der Waals surface area (Å²) in [7, 11) is 0. The van der Waals surface area contributed by atoms with Gasteiger partial charge in [-0.05, 0) is 46.9 Å². The Morgan fingerprint density at radius 2 is 2.15 bits per heavy atom. The van der Waals surface area contributed by atoms with Crippen molar-refractivity contribution >= 4 is 15.9 Å². The van der Waals surface area contributed by atoms with E-state index in [1.165, 1.54) is 11.3 Å². The van der Waals surface area contributed by atoms with Gasteiger partial charge in [-0.2, -0.15) is 5.10 Å². The molecular weight excluding hydrogens is 316 g/mol. The molecule has 0 aliphatic heterocycles. The average molecular weight is 337 g/mol. The lowest BCUT2D eigenvalue weighted by Gasteiger charge is -2.21. The number of hydrogen-bond acceptors (Lipinski definition) is 3. The second kappa shape index (κ2) is 7.55. The van der Waals surface area contributed by atoms with Gasteiger partial charge < -0.3 is 5.32 Å². The van der Waals surface area contributed by atoms with Crippen LogP contribution in [0.15, 0.2) is 35.2 Å². The fourth-order valence-electron chi connectivity index (χ4n) is 2.26. The third-order valence-electron chi connectivity index (χ3n) is 3.16. The summed E-state index contributed by atoms with van der Waals surface area (Å²) in [5.74, 6) is 0. The molecule has 1 N–H and O–H groups in total. The summed E-state index contributed by atoms with van der Waals surface area (Å²) in [5.41, 5.74) is 2.34. The molecule has 0 aromatic carbocycles. The average Bonchev–Trinajstić information content (AvgIpc) is 2.83. The van der Waals surface area contributed by atoms with E-state index in [9.17, 15) is 0 Å². The fraction of sp³-hybridized carbons (Fsp3) is 0.467. The van der Waals surface area contributed by atoms with E-state index in [2.05, 4.69) is 55.9 Å². The Morgan fingerprint density at radius 3 is 2.80 bits per heavy atom. The third-order valence-corrected chi connectivity index (χ3v) is 3.77. The van der Waals surface area contributed by atoms with Gasteiger partial charge in [-0.3, -0.25) is 9.67 Å². The van der Waals surface area contributed by atoms with Crippen molar-refractivity contribution in [3.8, 4) is 0 Å². The van der Waals surface area contributed by atoms with Crippen LogP contribution >= 0.6 is 15.9 Å². The van der Waals surface area contributed by atoms with Crippen LogP contribution in [0.4, 0.5) is 0 Å². The molecule has 0 bridgehead atoms. The predicted octanol–water partition coefficient (Wildman–Crippen LogP) is 3.54. The summed E-state index contributed by atoms with van der Waals surface area (Å²) in [6, 6.07) is 4.20. The predicted molar refractivity (Wildman–Crippen MR) is 84.6 cm³/mol. The monoisotopic (exact) mass is 336 g/mol. The van der Waals surface area contributed by atoms with Gasteiger partial charge in [0.05, 0.1) is 22.4 Å². The Balaban J connectivity index is 2.38. The second-order valence-electron chi connectivity index (χ2n) is 4.77. The highest BCUT2D eigenvalue weighted by Crippen LogP contribution is 2.28. The molecule has 2 aromatic heterocycles. The quantitative estimate of drug-likeness (QED) is 0.840. The van der Waals surface area contributed by atoms with Crippen LogP contribution in [0.1, 0.15) is 44.0 Å². The number of rotatable bonds is 7. The van der Waals surface area contributed by atoms with Gasteiger partial charge in [0.15, 0.2) is 0 Å². The van der Waals surface area contributed by atoms with Crippen LogP contribution in [0.3, 0.4) is 0 Å². The van der Waals surface area contributed by atoms with E-state index in [0.29, 0.717) is 0 Å². The van der Waals surface area contributed by atoms with E-state index in [0.717, 1.165) is 30.4 Å². The summed E-state index contributed by atoms with van der Waals surface area (Å²) in [5, 5.41) is 8.07. The van der Waals surface area contributed by atoms with E-state index in [1.807, 2.05) is 18.5 Å². The lowest BCUT2D eigenvalue weighted by atomic mass is 10.1. The Morgan fingerprint density at radius 1 is 1.30 bits per heavy atom. The first-order valence-electron chi connectivity index (χ1n) is 7.12. The highest BCUT2D eigenvalue weighted by Gasteiger charge is 2.21. The number of halogens is 1. The summed E-state index contributed by atoms with van der Waals surface area (Å²) >= 11 is 3.63. The zero-order valence-electron chi connectivity index (χ0n) is 12.0. The second-order valence-corrected chi connectivity index (χ2v) is 5.63. The molecular formula is C15H21BrN4. The van der Waals surface area contributed by atoms with Crippen molar-refractivity contribution in [2.75, 3.05) is 6.54 Å². The van der Waals surface area contributed by atoms with E-state index in [4.69, 9.17) is 0 Å². The molecule has 2 aromatic rings. The van der Waals surface area contributed by atoms with E-state index >= 15 is 0 Å². The van der Waals surface area contributed by atoms with Crippen LogP contribution in [0, 0.1) is 0 Å². The SMILES string of the molecule is CCCNC(c1cccnc1)c1c(Br)cnn1CCC. The summed E-state index contributed by atoms with van der Waals surface area (Å²) in [4.78, 5) is 4.24. The van der Waals surface area contributed by atoms with Crippen molar-refractivity contribution in [2.45, 2.75) is 39.3 Å². The van der Waals surface area contributed by atoms with Crippen LogP contribution in [-0.4, -0.2) is 21.3 Å². The number of aryl methyl sites for hydroxylation is 1. The van der Waals surface area contributed by atoms with E-state index < -0.39 is 0 Å². The highest BCUT2D eigenvalue weighted by molar-refractivity contribution is 9.10. The van der Waals surface area contributed by atoms with Gasteiger partial charge in [0.2, 0.25) is 0 Å². The lowest BCUT2D eigenvalue weighted by molar-refractivity contribution is 0.509. The molecule has 0 saturated carbocycles. The molecule has 2 rings (SSSR count). The molecule has 0 amide bonds. The Labute approximate surface area is 128 Å². The van der Waals surface area contributed by atoms with Gasteiger partial charge >= 0.3 is 0 Å². The molecule has 1 unspecified atom stereocenters. The molecule has 1 atom stereocenters. The first-order valence-corrected chi connectivity index (χ1v) is 7.91. The number of nitrogens with zero attached hydrogens (tertiary/aromatic N) is 3. The van der Waals surface area contributed by atoms with Crippen molar-refractivity contribution in [2.24, 2.45) is 0 Å². The summed E-state index contributed by atoms with van der Waals surface area (Å²) in [6.07, 6.45) is 7.76. The van der Waals surface area contributed by atoms with Crippen molar-refractivity contribution < 1.29 is 0 Å². The van der Waals surface area contributed by atoms with Crippen LogP contribution in [-0.2, 0) is 6.54 Å². The number of nitrogens with one attached hydrogen (secondary N) is 1. The summed E-state index contributed by atoms with van der Waals surface area (Å²) in [6.45, 7) is 6.22. The normalized spacial score (nSPS) is 12.6. The van der Waals surface area contributed by atoms with Crippen molar-refractivity contribution in [1.82, 2.24) is 20.1 Å². The molecule has 4 nitrogen and oxygen atoms in total. The zero-order chi connectivity index (χ0) is 14.4. The van der Waals surface area contributed by atoms with Gasteiger partial charge in [0, 0.05) is 18.9 Å². The van der Waals surface area contributed by atoms with Gasteiger partial charge in [-0.25, -0.2) is 0 Å². The molecule has 0 spiro atoms. The van der Waals surface area contributed by atoms with Crippen LogP contribution in [0.2, 0.25) is 0 Å². The maximum atomic E-state index is 4.47. The van der Waals surface area contributed by atoms with Gasteiger partial charge in [-0.1, -0.05) is 19.9 Å². The molecule has 0 fully saturated rings. The Hall–Kier alpha value is -1.20. The zero-order valence-corrected chi connectivity index (χ0v) is 13.6. The molecule has 0 saturated heterocycles. The van der Waals surface area contributed by atoms with Gasteiger partial charge in [-0.15, -0.1) is 0 Å². The fourth-order valence-corrected chi connectivity index (χ4v) is 2.78. The van der Waals surface area contributed by atoms with Crippen molar-refractivity contribution in [3.63, 3.8) is 0 Å². The number of hydrogen-bond donors (Lipinski definition) is 1. The van der Waals surface area contributed by atoms with E-state index in [1.54, 1.807) is 6.20 Å². The maximum Gasteiger partial charge on any atom is 0.0774 e. The molecule has 2 heterocycles. The Kier molecular flexibility index (Phi) is 5.73. The Bertz CT molecular complexity index is 524. The molecule has 20 heavy (non-hydrogen) atoms. The maximum absolute atomic E-state index is 4.47. The number of pyridine rings is 1.